The summed E-state index contributed by atoms with van der Waals surface area (Å²) in [6.07, 6.45) is 0. The number of nitrogens with zero attached hydrogens (tertiary/aromatic N) is 4. The highest BCUT2D eigenvalue weighted by molar-refractivity contribution is 7.99. The molecule has 0 aliphatic rings. The number of benzene rings is 1. The summed E-state index contributed by atoms with van der Waals surface area (Å²) in [5.41, 5.74) is 2.96. The summed E-state index contributed by atoms with van der Waals surface area (Å²) in [4.78, 5) is 14.7. The van der Waals surface area contributed by atoms with Gasteiger partial charge < -0.3 is 0 Å². The number of carbonyl (C=O) groups is 1. The summed E-state index contributed by atoms with van der Waals surface area (Å²) >= 11 is 3.01. The second-order valence-corrected chi connectivity index (χ2v) is 8.56. The fraction of sp³-hybridized carbons (Fsp3) is 0.333. The molecule has 2 heterocycles. The molecule has 0 saturated carbocycles. The maximum Gasteiger partial charge on any atom is 0.214 e. The summed E-state index contributed by atoms with van der Waals surface area (Å²) in [6.45, 7) is 8.32. The molecule has 0 N–H and O–H groups in total. The first-order chi connectivity index (χ1) is 12.0. The highest BCUT2D eigenvalue weighted by atomic mass is 32.2. The molecule has 0 amide bonds. The molecular weight excluding hydrogens is 352 g/mol. The van der Waals surface area contributed by atoms with Crippen molar-refractivity contribution in [3.8, 4) is 5.69 Å². The third-order valence-corrected chi connectivity index (χ3v) is 5.80. The van der Waals surface area contributed by atoms with E-state index < -0.39 is 0 Å². The van der Waals surface area contributed by atoms with Gasteiger partial charge in [0, 0.05) is 15.3 Å². The topological polar surface area (TPSA) is 60.7 Å². The molecule has 2 aromatic heterocycles. The molecule has 0 fully saturated rings. The third-order valence-electron chi connectivity index (χ3n) is 3.92. The number of thiophene rings is 1. The van der Waals surface area contributed by atoms with Crippen LogP contribution in [0.1, 0.15) is 45.4 Å². The zero-order chi connectivity index (χ0) is 18.0. The van der Waals surface area contributed by atoms with Gasteiger partial charge in [0.25, 0.3) is 0 Å². The predicted molar refractivity (Wildman–Crippen MR) is 102 cm³/mol. The number of aryl methyl sites for hydroxylation is 2. The minimum absolute atomic E-state index is 0.108. The van der Waals surface area contributed by atoms with Crippen molar-refractivity contribution in [3.05, 3.63) is 51.2 Å². The number of hydrogen-bond donors (Lipinski definition) is 0. The van der Waals surface area contributed by atoms with Crippen LogP contribution in [0.25, 0.3) is 5.69 Å². The van der Waals surface area contributed by atoms with Crippen LogP contribution in [-0.2, 0) is 0 Å². The van der Waals surface area contributed by atoms with Crippen molar-refractivity contribution in [3.63, 3.8) is 0 Å². The Morgan fingerprint density at radius 2 is 1.96 bits per heavy atom. The van der Waals surface area contributed by atoms with Gasteiger partial charge in [-0.15, -0.1) is 16.4 Å². The molecule has 0 bridgehead atoms. The number of thioether (sulfide) groups is 1. The van der Waals surface area contributed by atoms with Gasteiger partial charge in [0.15, 0.2) is 5.78 Å². The monoisotopic (exact) mass is 372 g/mol. The van der Waals surface area contributed by atoms with E-state index in [2.05, 4.69) is 41.5 Å². The smallest absolute Gasteiger partial charge is 0.214 e. The third kappa shape index (κ3) is 3.99. The molecule has 7 heteroatoms. The highest BCUT2D eigenvalue weighted by Gasteiger charge is 2.15. The Hall–Kier alpha value is -1.99. The van der Waals surface area contributed by atoms with Crippen LogP contribution in [0.3, 0.4) is 0 Å². The van der Waals surface area contributed by atoms with Gasteiger partial charge in [0.05, 0.1) is 11.4 Å². The predicted octanol–water partition coefficient (Wildman–Crippen LogP) is 4.44. The summed E-state index contributed by atoms with van der Waals surface area (Å²) in [6, 6.07) is 10.1. The van der Waals surface area contributed by atoms with E-state index >= 15 is 0 Å². The number of ketones is 1. The first-order valence-electron chi connectivity index (χ1n) is 8.07. The second kappa shape index (κ2) is 7.49. The maximum atomic E-state index is 12.4. The number of Topliss-reactive ketones (excluding diaryl/α,β-unsaturated/α-hetero) is 1. The van der Waals surface area contributed by atoms with Crippen LogP contribution in [-0.4, -0.2) is 31.7 Å². The molecule has 0 radical (unpaired) electrons. The Kier molecular flexibility index (Phi) is 5.34. The Balaban J connectivity index is 1.73. The van der Waals surface area contributed by atoms with Crippen molar-refractivity contribution in [1.29, 1.82) is 0 Å². The fourth-order valence-corrected chi connectivity index (χ4v) is 4.26. The zero-order valence-electron chi connectivity index (χ0n) is 14.7. The number of tetrazole rings is 1. The van der Waals surface area contributed by atoms with Crippen LogP contribution in [0.15, 0.2) is 35.5 Å². The van der Waals surface area contributed by atoms with Crippen molar-refractivity contribution in [2.24, 2.45) is 0 Å². The van der Waals surface area contributed by atoms with Crippen LogP contribution < -0.4 is 0 Å². The highest BCUT2D eigenvalue weighted by Crippen LogP contribution is 2.25. The van der Waals surface area contributed by atoms with Gasteiger partial charge >= 0.3 is 0 Å². The van der Waals surface area contributed by atoms with E-state index in [9.17, 15) is 4.79 Å². The minimum atomic E-state index is 0.108. The average molecular weight is 373 g/mol. The van der Waals surface area contributed by atoms with Gasteiger partial charge in [-0.25, -0.2) is 0 Å². The molecule has 0 aliphatic heterocycles. The first kappa shape index (κ1) is 17.8. The number of carbonyl (C=O) groups excluding carboxylic acids is 1. The molecule has 130 valence electrons. The first-order valence-corrected chi connectivity index (χ1v) is 9.87. The SMILES string of the molecule is Cc1cc(C(=O)CSc2nnnn2-c2ccc(C(C)C)cc2)c(C)s1. The Bertz CT molecular complexity index is 881. The molecule has 5 nitrogen and oxygen atoms in total. The lowest BCUT2D eigenvalue weighted by Gasteiger charge is -2.07. The van der Waals surface area contributed by atoms with E-state index in [1.54, 1.807) is 16.0 Å². The number of hydrogen-bond acceptors (Lipinski definition) is 6. The quantitative estimate of drug-likeness (QED) is 0.473. The van der Waals surface area contributed by atoms with E-state index in [-0.39, 0.29) is 5.78 Å². The molecule has 0 atom stereocenters. The summed E-state index contributed by atoms with van der Waals surface area (Å²) in [5, 5.41) is 12.5. The van der Waals surface area contributed by atoms with Gasteiger partial charge in [-0.1, -0.05) is 37.7 Å². The largest absolute Gasteiger partial charge is 0.293 e. The average Bonchev–Trinajstić information content (AvgIpc) is 3.18. The van der Waals surface area contributed by atoms with Gasteiger partial charge in [-0.3, -0.25) is 4.79 Å². The van der Waals surface area contributed by atoms with Crippen LogP contribution in [0.5, 0.6) is 0 Å². The molecule has 3 aromatic rings. The summed E-state index contributed by atoms with van der Waals surface area (Å²) in [5.74, 6) is 0.907. The molecule has 0 unspecified atom stereocenters. The molecular formula is C18H20N4OS2. The van der Waals surface area contributed by atoms with Crippen molar-refractivity contribution in [2.45, 2.75) is 38.8 Å². The fourth-order valence-electron chi connectivity index (χ4n) is 2.55. The lowest BCUT2D eigenvalue weighted by Crippen LogP contribution is -2.05. The normalized spacial score (nSPS) is 11.2. The molecule has 25 heavy (non-hydrogen) atoms. The lowest BCUT2D eigenvalue weighted by molar-refractivity contribution is 0.102. The molecule has 3 rings (SSSR count). The summed E-state index contributed by atoms with van der Waals surface area (Å²) < 4.78 is 1.67. The van der Waals surface area contributed by atoms with Crippen LogP contribution >= 0.6 is 23.1 Å². The Labute approximate surface area is 155 Å². The molecule has 0 aliphatic carbocycles. The van der Waals surface area contributed by atoms with Crippen LogP contribution in [0, 0.1) is 13.8 Å². The maximum absolute atomic E-state index is 12.4. The van der Waals surface area contributed by atoms with Gasteiger partial charge in [0.1, 0.15) is 0 Å². The van der Waals surface area contributed by atoms with Gasteiger partial charge in [0.2, 0.25) is 5.16 Å². The van der Waals surface area contributed by atoms with Gasteiger partial charge in [-0.05, 0) is 54.0 Å². The van der Waals surface area contributed by atoms with Crippen molar-refractivity contribution in [1.82, 2.24) is 20.2 Å². The zero-order valence-corrected chi connectivity index (χ0v) is 16.3. The van der Waals surface area contributed by atoms with Crippen molar-refractivity contribution in [2.75, 3.05) is 5.75 Å². The van der Waals surface area contributed by atoms with Crippen LogP contribution in [0.2, 0.25) is 0 Å². The minimum Gasteiger partial charge on any atom is -0.293 e. The second-order valence-electron chi connectivity index (χ2n) is 6.16. The van der Waals surface area contributed by atoms with E-state index in [0.717, 1.165) is 21.0 Å². The van der Waals surface area contributed by atoms with Gasteiger partial charge in [-0.2, -0.15) is 4.68 Å². The summed E-state index contributed by atoms with van der Waals surface area (Å²) in [7, 11) is 0. The lowest BCUT2D eigenvalue weighted by atomic mass is 10.0. The Morgan fingerprint density at radius 3 is 2.56 bits per heavy atom. The van der Waals surface area contributed by atoms with Crippen molar-refractivity contribution < 1.29 is 4.79 Å². The van der Waals surface area contributed by atoms with Crippen LogP contribution in [0.4, 0.5) is 0 Å². The number of aromatic nitrogens is 4. The van der Waals surface area contributed by atoms with E-state index in [1.807, 2.05) is 32.0 Å². The standard InChI is InChI=1S/C18H20N4OS2/c1-11(2)14-5-7-15(8-6-14)22-18(19-20-21-22)24-10-17(23)16-9-12(3)25-13(16)4/h5-9,11H,10H2,1-4H3. The van der Waals surface area contributed by atoms with E-state index in [0.29, 0.717) is 16.8 Å². The Morgan fingerprint density at radius 1 is 1.24 bits per heavy atom. The molecule has 0 spiro atoms. The number of rotatable bonds is 6. The van der Waals surface area contributed by atoms with E-state index in [4.69, 9.17) is 0 Å². The van der Waals surface area contributed by atoms with E-state index in [1.165, 1.54) is 17.3 Å². The molecule has 1 aromatic carbocycles. The molecule has 0 saturated heterocycles. The van der Waals surface area contributed by atoms with Crippen molar-refractivity contribution >= 4 is 28.9 Å².